The van der Waals surface area contributed by atoms with Crippen LogP contribution in [0.5, 0.6) is 0 Å². The molecule has 0 aliphatic rings. The minimum atomic E-state index is 0. The van der Waals surface area contributed by atoms with Gasteiger partial charge in [0.15, 0.2) is 11.1 Å². The quantitative estimate of drug-likeness (QED) is 0.141. The lowest BCUT2D eigenvalue weighted by atomic mass is 10.1. The fraction of sp³-hybridized carbons (Fsp3) is 0.650. The molecule has 1 unspecified atom stereocenters. The monoisotopic (exact) mass is 550 g/mol. The molecule has 6 nitrogen and oxygen atoms in total. The third-order valence-corrected chi connectivity index (χ3v) is 5.74. The van der Waals surface area contributed by atoms with Crippen LogP contribution >= 0.6 is 47.1 Å². The van der Waals surface area contributed by atoms with Gasteiger partial charge in [0.05, 0.1) is 0 Å². The number of aliphatic imine (C=N–C) groups is 1. The number of nitrogens with zero attached hydrogens (tertiary/aromatic N) is 4. The number of guanidine groups is 1. The van der Waals surface area contributed by atoms with Crippen molar-refractivity contribution in [3.63, 3.8) is 0 Å². The van der Waals surface area contributed by atoms with Crippen LogP contribution in [0.3, 0.4) is 0 Å². The Morgan fingerprint density at radius 1 is 1.28 bits per heavy atom. The highest BCUT2D eigenvalue weighted by molar-refractivity contribution is 14.0. The summed E-state index contributed by atoms with van der Waals surface area (Å²) in [5.74, 6) is 2.98. The van der Waals surface area contributed by atoms with Gasteiger partial charge in [0.25, 0.3) is 0 Å². The number of nitrogens with one attached hydrogen (secondary N) is 2. The first-order valence-corrected chi connectivity index (χ1v) is 12.2. The predicted molar refractivity (Wildman–Crippen MR) is 137 cm³/mol. The van der Waals surface area contributed by atoms with Crippen molar-refractivity contribution >= 4 is 53.0 Å². The van der Waals surface area contributed by atoms with E-state index in [2.05, 4.69) is 76.2 Å². The minimum Gasteiger partial charge on any atom is -0.357 e. The first kappa shape index (κ1) is 26.2. The number of hydrogen-bond acceptors (Lipinski definition) is 5. The largest absolute Gasteiger partial charge is 0.357 e. The molecule has 2 N–H and O–H groups in total. The Morgan fingerprint density at radius 3 is 2.69 bits per heavy atom. The van der Waals surface area contributed by atoms with Gasteiger partial charge in [-0.3, -0.25) is 4.99 Å². The second-order valence-electron chi connectivity index (χ2n) is 7.32. The van der Waals surface area contributed by atoms with Crippen LogP contribution in [0.2, 0.25) is 0 Å². The van der Waals surface area contributed by atoms with E-state index in [1.807, 2.05) is 0 Å². The molecule has 164 valence electrons. The zero-order valence-corrected chi connectivity index (χ0v) is 22.1. The van der Waals surface area contributed by atoms with Gasteiger partial charge in [-0.1, -0.05) is 32.5 Å². The molecule has 1 atom stereocenters. The summed E-state index contributed by atoms with van der Waals surface area (Å²) in [6, 6.07) is 2.18. The van der Waals surface area contributed by atoms with Crippen LogP contribution < -0.4 is 10.6 Å². The van der Waals surface area contributed by atoms with Crippen LogP contribution in [0.25, 0.3) is 0 Å². The predicted octanol–water partition coefficient (Wildman–Crippen LogP) is 4.63. The van der Waals surface area contributed by atoms with Crippen molar-refractivity contribution in [1.29, 1.82) is 0 Å². The summed E-state index contributed by atoms with van der Waals surface area (Å²) in [5.41, 5.74) is 1.36. The second-order valence-corrected chi connectivity index (χ2v) is 8.87. The van der Waals surface area contributed by atoms with Crippen molar-refractivity contribution < 1.29 is 0 Å². The number of aromatic nitrogens is 3. The SMILES string of the molecule is CCNC(=NCC(C)c1ccsc1)NCCCc1nnc(SC)n1CC(C)C.I. The molecule has 0 bridgehead atoms. The summed E-state index contributed by atoms with van der Waals surface area (Å²) in [6.07, 6.45) is 3.97. The third kappa shape index (κ3) is 8.84. The van der Waals surface area contributed by atoms with Crippen LogP contribution in [0.1, 0.15) is 51.4 Å². The molecule has 0 amide bonds. The molecule has 0 fully saturated rings. The average Bonchev–Trinajstić information content (AvgIpc) is 3.33. The average molecular weight is 551 g/mol. The highest BCUT2D eigenvalue weighted by atomic mass is 127. The Balaban J connectivity index is 0.00000420. The lowest BCUT2D eigenvalue weighted by molar-refractivity contribution is 0.477. The maximum atomic E-state index is 4.75. The molecule has 0 saturated heterocycles. The van der Waals surface area contributed by atoms with E-state index in [-0.39, 0.29) is 24.0 Å². The van der Waals surface area contributed by atoms with Gasteiger partial charge in [-0.25, -0.2) is 0 Å². The summed E-state index contributed by atoms with van der Waals surface area (Å²) in [6.45, 7) is 12.2. The Labute approximate surface area is 200 Å². The maximum Gasteiger partial charge on any atom is 0.191 e. The molecule has 0 radical (unpaired) electrons. The summed E-state index contributed by atoms with van der Waals surface area (Å²) in [7, 11) is 0. The van der Waals surface area contributed by atoms with E-state index in [9.17, 15) is 0 Å². The highest BCUT2D eigenvalue weighted by Crippen LogP contribution is 2.18. The molecule has 0 aromatic carbocycles. The van der Waals surface area contributed by atoms with Gasteiger partial charge in [0.2, 0.25) is 0 Å². The van der Waals surface area contributed by atoms with Gasteiger partial charge >= 0.3 is 0 Å². The first-order chi connectivity index (χ1) is 13.5. The van der Waals surface area contributed by atoms with E-state index in [1.54, 1.807) is 23.1 Å². The molecule has 9 heteroatoms. The number of thioether (sulfide) groups is 1. The molecule has 2 rings (SSSR count). The zero-order chi connectivity index (χ0) is 20.4. The summed E-state index contributed by atoms with van der Waals surface area (Å²) in [4.78, 5) is 4.75. The molecule has 2 heterocycles. The van der Waals surface area contributed by atoms with E-state index < -0.39 is 0 Å². The highest BCUT2D eigenvalue weighted by Gasteiger charge is 2.12. The number of aryl methyl sites for hydroxylation is 1. The van der Waals surface area contributed by atoms with Crippen LogP contribution in [0, 0.1) is 5.92 Å². The zero-order valence-electron chi connectivity index (χ0n) is 18.1. The summed E-state index contributed by atoms with van der Waals surface area (Å²) in [5, 5.41) is 20.9. The van der Waals surface area contributed by atoms with E-state index >= 15 is 0 Å². The number of halogens is 1. The minimum absolute atomic E-state index is 0. The lowest BCUT2D eigenvalue weighted by Crippen LogP contribution is -2.38. The van der Waals surface area contributed by atoms with Crippen LogP contribution in [0.4, 0.5) is 0 Å². The number of rotatable bonds is 11. The van der Waals surface area contributed by atoms with Gasteiger partial charge in [-0.15, -0.1) is 34.2 Å². The molecule has 2 aromatic heterocycles. The standard InChI is InChI=1S/C20H34N6S2.HI/c1-6-21-19(23-12-16(4)17-9-11-28-14-17)22-10-7-8-18-24-25-20(27-5)26(18)13-15(2)3;/h9,11,14-16H,6-8,10,12-13H2,1-5H3,(H2,21,22,23);1H. The van der Waals surface area contributed by atoms with Crippen molar-refractivity contribution in [2.75, 3.05) is 25.9 Å². The van der Waals surface area contributed by atoms with Gasteiger partial charge < -0.3 is 15.2 Å². The fourth-order valence-electron chi connectivity index (χ4n) is 2.89. The Bertz CT molecular complexity index is 715. The smallest absolute Gasteiger partial charge is 0.191 e. The second kappa shape index (κ2) is 14.2. The van der Waals surface area contributed by atoms with Gasteiger partial charge in [-0.2, -0.15) is 11.3 Å². The lowest BCUT2D eigenvalue weighted by Gasteiger charge is -2.14. The number of hydrogen-bond donors (Lipinski definition) is 2. The van der Waals surface area contributed by atoms with Gasteiger partial charge in [0.1, 0.15) is 5.82 Å². The van der Waals surface area contributed by atoms with E-state index in [4.69, 9.17) is 4.99 Å². The normalized spacial score (nSPS) is 12.7. The van der Waals surface area contributed by atoms with Crippen molar-refractivity contribution in [3.8, 4) is 0 Å². The molecule has 0 saturated carbocycles. The molecule has 0 aliphatic carbocycles. The molecule has 0 spiro atoms. The van der Waals surface area contributed by atoms with Crippen molar-refractivity contribution in [2.45, 2.75) is 58.2 Å². The summed E-state index contributed by atoms with van der Waals surface area (Å²) >= 11 is 3.40. The van der Waals surface area contributed by atoms with E-state index in [0.29, 0.717) is 11.8 Å². The van der Waals surface area contributed by atoms with Crippen molar-refractivity contribution in [3.05, 3.63) is 28.2 Å². The van der Waals surface area contributed by atoms with Crippen molar-refractivity contribution in [2.24, 2.45) is 10.9 Å². The molecular weight excluding hydrogens is 515 g/mol. The fourth-order valence-corrected chi connectivity index (χ4v) is 4.19. The topological polar surface area (TPSA) is 67.1 Å². The first-order valence-electron chi connectivity index (χ1n) is 10.0. The van der Waals surface area contributed by atoms with Gasteiger partial charge in [0, 0.05) is 38.5 Å². The van der Waals surface area contributed by atoms with Crippen molar-refractivity contribution in [1.82, 2.24) is 25.4 Å². The molecule has 2 aromatic rings. The molecule has 0 aliphatic heterocycles. The van der Waals surface area contributed by atoms with E-state index in [1.165, 1.54) is 5.56 Å². The maximum absolute atomic E-state index is 4.75. The Morgan fingerprint density at radius 2 is 2.07 bits per heavy atom. The third-order valence-electron chi connectivity index (χ3n) is 4.37. The Hall–Kier alpha value is -0.810. The molecule has 29 heavy (non-hydrogen) atoms. The van der Waals surface area contributed by atoms with E-state index in [0.717, 1.165) is 56.0 Å². The van der Waals surface area contributed by atoms with Crippen LogP contribution in [-0.2, 0) is 13.0 Å². The summed E-state index contributed by atoms with van der Waals surface area (Å²) < 4.78 is 2.26. The Kier molecular flexibility index (Phi) is 12.9. The number of thiophene rings is 1. The van der Waals surface area contributed by atoms with Crippen LogP contribution in [0.15, 0.2) is 27.0 Å². The van der Waals surface area contributed by atoms with Gasteiger partial charge in [-0.05, 0) is 47.9 Å². The molecular formula is C20H35IN6S2. The van der Waals surface area contributed by atoms with Crippen LogP contribution in [-0.4, -0.2) is 46.6 Å².